The number of hydrogen-bond acceptors (Lipinski definition) is 2. The van der Waals surface area contributed by atoms with Gasteiger partial charge in [0.15, 0.2) is 0 Å². The highest BCUT2D eigenvalue weighted by Crippen LogP contribution is 1.80. The maximum atomic E-state index is 4.10. The molecule has 0 radical (unpaired) electrons. The normalized spacial score (nSPS) is 11.7. The molecule has 0 aliphatic carbocycles. The fraction of sp³-hybridized carbons (Fsp3) is 0.857. The zero-order valence-electron chi connectivity index (χ0n) is 6.57. The van der Waals surface area contributed by atoms with Crippen molar-refractivity contribution in [2.24, 2.45) is 5.10 Å². The molecule has 0 unspecified atom stereocenters. The number of nitrogens with one attached hydrogen (secondary N) is 1. The lowest BCUT2D eigenvalue weighted by Gasteiger charge is -1.97. The minimum Gasteiger partial charge on any atom is -0.310 e. The predicted octanol–water partition coefficient (Wildman–Crippen LogP) is 1.77. The molecule has 0 bridgehead atoms. The Morgan fingerprint density at radius 3 is 2.56 bits per heavy atom. The second kappa shape index (κ2) is 5.60. The molecule has 9 heavy (non-hydrogen) atoms. The monoisotopic (exact) mass is 128 g/mol. The Morgan fingerprint density at radius 2 is 2.11 bits per heavy atom. The fourth-order valence-corrected chi connectivity index (χ4v) is 0.382. The van der Waals surface area contributed by atoms with Crippen LogP contribution in [0.2, 0.25) is 0 Å². The molecule has 0 saturated carbocycles. The summed E-state index contributed by atoms with van der Waals surface area (Å²) in [6.45, 7) is 7.25. The third-order valence-electron chi connectivity index (χ3n) is 1.14. The van der Waals surface area contributed by atoms with Gasteiger partial charge in [-0.15, -0.1) is 0 Å². The van der Waals surface area contributed by atoms with Gasteiger partial charge in [0.2, 0.25) is 0 Å². The Hall–Kier alpha value is -0.530. The predicted molar refractivity (Wildman–Crippen MR) is 41.7 cm³/mol. The third-order valence-corrected chi connectivity index (χ3v) is 1.14. The zero-order valence-corrected chi connectivity index (χ0v) is 6.57. The van der Waals surface area contributed by atoms with Crippen LogP contribution < -0.4 is 5.43 Å². The minimum absolute atomic E-state index is 0.983. The molecule has 0 rings (SSSR count). The molecule has 0 heterocycles. The third kappa shape index (κ3) is 5.34. The summed E-state index contributed by atoms with van der Waals surface area (Å²) in [7, 11) is 0. The van der Waals surface area contributed by atoms with E-state index in [-0.39, 0.29) is 0 Å². The van der Waals surface area contributed by atoms with Crippen LogP contribution in [-0.4, -0.2) is 12.3 Å². The molecule has 0 aromatic heterocycles. The molecule has 0 spiro atoms. The van der Waals surface area contributed by atoms with Crippen molar-refractivity contribution in [1.82, 2.24) is 5.43 Å². The van der Waals surface area contributed by atoms with Gasteiger partial charge >= 0.3 is 0 Å². The van der Waals surface area contributed by atoms with Crippen LogP contribution in [0.15, 0.2) is 5.10 Å². The smallest absolute Gasteiger partial charge is 0.0344 e. The van der Waals surface area contributed by atoms with E-state index in [0.29, 0.717) is 0 Å². The summed E-state index contributed by atoms with van der Waals surface area (Å²) in [5.41, 5.74) is 4.14. The van der Waals surface area contributed by atoms with E-state index in [4.69, 9.17) is 0 Å². The van der Waals surface area contributed by atoms with Gasteiger partial charge in [0.05, 0.1) is 0 Å². The van der Waals surface area contributed by atoms with Gasteiger partial charge in [0.1, 0.15) is 0 Å². The van der Waals surface area contributed by atoms with Gasteiger partial charge in [-0.25, -0.2) is 0 Å². The van der Waals surface area contributed by atoms with Crippen LogP contribution >= 0.6 is 0 Å². The first-order valence-electron chi connectivity index (χ1n) is 3.57. The number of hydrogen-bond donors (Lipinski definition) is 1. The number of rotatable bonds is 4. The Morgan fingerprint density at radius 1 is 1.44 bits per heavy atom. The first kappa shape index (κ1) is 8.47. The van der Waals surface area contributed by atoms with Crippen LogP contribution in [0.25, 0.3) is 0 Å². The Kier molecular flexibility index (Phi) is 5.27. The van der Waals surface area contributed by atoms with Crippen molar-refractivity contribution >= 4 is 5.71 Å². The Balaban J connectivity index is 3.21. The number of nitrogens with zero attached hydrogens (tertiary/aromatic N) is 1. The molecule has 0 fully saturated rings. The van der Waals surface area contributed by atoms with Crippen LogP contribution in [-0.2, 0) is 0 Å². The first-order valence-corrected chi connectivity index (χ1v) is 3.57. The van der Waals surface area contributed by atoms with Gasteiger partial charge in [-0.2, -0.15) is 5.10 Å². The molecular formula is C7H16N2. The molecule has 0 amide bonds. The highest BCUT2D eigenvalue weighted by Gasteiger charge is 1.81. The van der Waals surface area contributed by atoms with Crippen LogP contribution in [0.3, 0.4) is 0 Å². The van der Waals surface area contributed by atoms with E-state index >= 15 is 0 Å². The summed E-state index contributed by atoms with van der Waals surface area (Å²) in [6, 6.07) is 0. The molecule has 0 aromatic carbocycles. The van der Waals surface area contributed by atoms with Crippen LogP contribution in [0.5, 0.6) is 0 Å². The second-order valence-electron chi connectivity index (χ2n) is 2.11. The standard InChI is InChI=1S/C7H16N2/c1-4-6-8-9-7(3)5-2/h8H,4-6H2,1-3H3. The SMILES string of the molecule is CCCNN=C(C)CC. The van der Waals surface area contributed by atoms with E-state index in [1.54, 1.807) is 0 Å². The van der Waals surface area contributed by atoms with Crippen LogP contribution in [0.1, 0.15) is 33.6 Å². The van der Waals surface area contributed by atoms with Gasteiger partial charge in [0, 0.05) is 12.3 Å². The van der Waals surface area contributed by atoms with Gasteiger partial charge < -0.3 is 5.43 Å². The van der Waals surface area contributed by atoms with Crippen LogP contribution in [0, 0.1) is 0 Å². The van der Waals surface area contributed by atoms with Crippen molar-refractivity contribution in [3.8, 4) is 0 Å². The lowest BCUT2D eigenvalue weighted by molar-refractivity contribution is 0.713. The van der Waals surface area contributed by atoms with Gasteiger partial charge in [-0.1, -0.05) is 13.8 Å². The lowest BCUT2D eigenvalue weighted by Crippen LogP contribution is -2.08. The maximum absolute atomic E-state index is 4.10. The molecular weight excluding hydrogens is 112 g/mol. The average molecular weight is 128 g/mol. The van der Waals surface area contributed by atoms with Crippen molar-refractivity contribution < 1.29 is 0 Å². The molecule has 0 saturated heterocycles. The van der Waals surface area contributed by atoms with E-state index in [1.807, 2.05) is 6.92 Å². The highest BCUT2D eigenvalue weighted by atomic mass is 15.3. The molecule has 0 aromatic rings. The van der Waals surface area contributed by atoms with E-state index < -0.39 is 0 Å². The zero-order chi connectivity index (χ0) is 7.11. The van der Waals surface area contributed by atoms with Gasteiger partial charge in [-0.3, -0.25) is 0 Å². The Labute approximate surface area is 57.3 Å². The molecule has 1 N–H and O–H groups in total. The summed E-state index contributed by atoms with van der Waals surface area (Å²) in [5.74, 6) is 0. The molecule has 54 valence electrons. The summed E-state index contributed by atoms with van der Waals surface area (Å²) in [6.07, 6.45) is 2.18. The fourth-order valence-electron chi connectivity index (χ4n) is 0.382. The highest BCUT2D eigenvalue weighted by molar-refractivity contribution is 5.81. The molecule has 0 atom stereocenters. The summed E-state index contributed by atoms with van der Waals surface area (Å²) >= 11 is 0. The van der Waals surface area contributed by atoms with E-state index in [1.165, 1.54) is 5.71 Å². The summed E-state index contributed by atoms with van der Waals surface area (Å²) in [5, 5.41) is 4.10. The maximum Gasteiger partial charge on any atom is 0.0344 e. The first-order chi connectivity index (χ1) is 4.31. The molecule has 0 aliphatic rings. The van der Waals surface area contributed by atoms with Crippen LogP contribution in [0.4, 0.5) is 0 Å². The summed E-state index contributed by atoms with van der Waals surface area (Å²) in [4.78, 5) is 0. The second-order valence-corrected chi connectivity index (χ2v) is 2.11. The van der Waals surface area contributed by atoms with E-state index in [9.17, 15) is 0 Å². The molecule has 2 nitrogen and oxygen atoms in total. The van der Waals surface area contributed by atoms with Crippen molar-refractivity contribution in [1.29, 1.82) is 0 Å². The largest absolute Gasteiger partial charge is 0.310 e. The van der Waals surface area contributed by atoms with Crippen molar-refractivity contribution in [3.63, 3.8) is 0 Å². The summed E-state index contributed by atoms with van der Waals surface area (Å²) < 4.78 is 0. The quantitative estimate of drug-likeness (QED) is 0.348. The Bertz CT molecular complexity index is 86.9. The minimum atomic E-state index is 0.983. The van der Waals surface area contributed by atoms with Crippen molar-refractivity contribution in [3.05, 3.63) is 0 Å². The average Bonchev–Trinajstić information content (AvgIpc) is 1.89. The van der Waals surface area contributed by atoms with Crippen molar-refractivity contribution in [2.45, 2.75) is 33.6 Å². The molecule has 0 aliphatic heterocycles. The van der Waals surface area contributed by atoms with Gasteiger partial charge in [0.25, 0.3) is 0 Å². The lowest BCUT2D eigenvalue weighted by atomic mass is 10.3. The molecule has 2 heteroatoms. The van der Waals surface area contributed by atoms with E-state index in [2.05, 4.69) is 24.4 Å². The number of hydrazone groups is 1. The van der Waals surface area contributed by atoms with Gasteiger partial charge in [-0.05, 0) is 19.8 Å². The van der Waals surface area contributed by atoms with Crippen molar-refractivity contribution in [2.75, 3.05) is 6.54 Å². The topological polar surface area (TPSA) is 24.4 Å². The van der Waals surface area contributed by atoms with E-state index in [0.717, 1.165) is 19.4 Å².